The first kappa shape index (κ1) is 25.9. The second-order valence-electron chi connectivity index (χ2n) is 6.10. The van der Waals surface area contributed by atoms with Crippen LogP contribution in [0, 0.1) is 0 Å². The molecule has 0 saturated carbocycles. The molecule has 1 aliphatic heterocycles. The van der Waals surface area contributed by atoms with Gasteiger partial charge in [0.25, 0.3) is 10.0 Å². The summed E-state index contributed by atoms with van der Waals surface area (Å²) in [6.45, 7) is 2.24. The van der Waals surface area contributed by atoms with Crippen molar-refractivity contribution in [1.82, 2.24) is 0 Å². The van der Waals surface area contributed by atoms with Gasteiger partial charge in [-0.25, -0.2) is 18.0 Å². The number of aromatic carboxylic acids is 1. The lowest BCUT2D eigenvalue weighted by atomic mass is 10.1. The van der Waals surface area contributed by atoms with Crippen molar-refractivity contribution in [3.05, 3.63) is 39.7 Å². The maximum absolute atomic E-state index is 12.4. The average Bonchev–Trinajstić information content (AvgIpc) is 3.15. The Bertz CT molecular complexity index is 1080. The number of hydrogen-bond acceptors (Lipinski definition) is 7. The quantitative estimate of drug-likeness (QED) is 0.506. The van der Waals surface area contributed by atoms with Crippen LogP contribution < -0.4 is 9.62 Å². The first-order valence-electron chi connectivity index (χ1n) is 8.59. The van der Waals surface area contributed by atoms with Crippen LogP contribution >= 0.6 is 27.3 Å². The zero-order valence-electron chi connectivity index (χ0n) is 15.9. The summed E-state index contributed by atoms with van der Waals surface area (Å²) >= 11 is 4.31. The molecule has 15 heteroatoms. The highest BCUT2D eigenvalue weighted by atomic mass is 79.9. The number of benzene rings is 1. The Kier molecular flexibility index (Phi) is 8.50. The molecule has 1 aliphatic rings. The summed E-state index contributed by atoms with van der Waals surface area (Å²) in [5.74, 6) is -3.87. The first-order chi connectivity index (χ1) is 14.8. The smallest absolute Gasteiger partial charge is 0.478 e. The summed E-state index contributed by atoms with van der Waals surface area (Å²) in [6, 6.07) is 7.66. The largest absolute Gasteiger partial charge is 0.490 e. The van der Waals surface area contributed by atoms with Crippen LogP contribution in [-0.4, -0.2) is 63.0 Å². The number of rotatable bonds is 5. The van der Waals surface area contributed by atoms with E-state index in [1.165, 1.54) is 12.1 Å². The summed E-state index contributed by atoms with van der Waals surface area (Å²) in [5.41, 5.74) is 0.811. The van der Waals surface area contributed by atoms with Crippen molar-refractivity contribution in [2.45, 2.75) is 10.4 Å². The standard InChI is InChI=1S/C15H15BrN2O5S2.C2HF3O2/c16-13-3-4-14(24-13)25(21,22)17-10-1-2-12(11(9-10)15(19)20)18-5-7-23-8-6-18;3-2(4,5)1(6)7/h1-4,9,17H,5-8H2,(H,19,20);(H,6,7). The average molecular weight is 561 g/mol. The SMILES string of the molecule is O=C(O)C(F)(F)F.O=C(O)c1cc(NS(=O)(=O)c2ccc(Br)s2)ccc1N1CCOCC1. The molecule has 3 N–H and O–H groups in total. The predicted octanol–water partition coefficient (Wildman–Crippen LogP) is 3.48. The summed E-state index contributed by atoms with van der Waals surface area (Å²) in [7, 11) is -3.76. The summed E-state index contributed by atoms with van der Waals surface area (Å²) in [5, 5.41) is 16.6. The fourth-order valence-corrected chi connectivity index (χ4v) is 5.56. The van der Waals surface area contributed by atoms with Crippen molar-refractivity contribution in [2.75, 3.05) is 35.9 Å². The number of anilines is 2. The molecule has 9 nitrogen and oxygen atoms in total. The van der Waals surface area contributed by atoms with E-state index >= 15 is 0 Å². The van der Waals surface area contributed by atoms with Crippen LogP contribution in [0.5, 0.6) is 0 Å². The Morgan fingerprint density at radius 2 is 1.72 bits per heavy atom. The van der Waals surface area contributed by atoms with Crippen LogP contribution in [0.15, 0.2) is 38.3 Å². The topological polar surface area (TPSA) is 133 Å². The predicted molar refractivity (Wildman–Crippen MR) is 113 cm³/mol. The molecule has 2 aromatic rings. The lowest BCUT2D eigenvalue weighted by Crippen LogP contribution is -2.37. The second-order valence-corrected chi connectivity index (χ2v) is 10.5. The molecule has 3 rings (SSSR count). The van der Waals surface area contributed by atoms with E-state index in [0.717, 1.165) is 11.3 Å². The number of hydrogen-bond donors (Lipinski definition) is 3. The molecular weight excluding hydrogens is 545 g/mol. The van der Waals surface area contributed by atoms with E-state index in [1.807, 2.05) is 4.90 Å². The van der Waals surface area contributed by atoms with Crippen LogP contribution in [0.1, 0.15) is 10.4 Å². The number of sulfonamides is 1. The zero-order valence-corrected chi connectivity index (χ0v) is 19.1. The minimum absolute atomic E-state index is 0.0504. The molecule has 1 aromatic heterocycles. The number of carboxylic acid groups (broad SMARTS) is 2. The van der Waals surface area contributed by atoms with Gasteiger partial charge in [0.15, 0.2) is 0 Å². The third-order valence-electron chi connectivity index (χ3n) is 3.89. The van der Waals surface area contributed by atoms with Gasteiger partial charge in [0, 0.05) is 18.8 Å². The van der Waals surface area contributed by atoms with Gasteiger partial charge in [0.2, 0.25) is 0 Å². The van der Waals surface area contributed by atoms with Gasteiger partial charge in [-0.1, -0.05) is 0 Å². The van der Waals surface area contributed by atoms with Crippen molar-refractivity contribution in [2.24, 2.45) is 0 Å². The Morgan fingerprint density at radius 3 is 2.19 bits per heavy atom. The van der Waals surface area contributed by atoms with Gasteiger partial charge in [0.05, 0.1) is 28.3 Å². The fraction of sp³-hybridized carbons (Fsp3) is 0.294. The van der Waals surface area contributed by atoms with Crippen LogP contribution in [0.2, 0.25) is 0 Å². The van der Waals surface area contributed by atoms with E-state index in [9.17, 15) is 31.5 Å². The Balaban J connectivity index is 0.000000451. The molecule has 0 radical (unpaired) electrons. The minimum atomic E-state index is -5.08. The number of thiophene rings is 1. The molecule has 0 aliphatic carbocycles. The molecule has 32 heavy (non-hydrogen) atoms. The van der Waals surface area contributed by atoms with Gasteiger partial charge in [-0.05, 0) is 46.3 Å². The Labute approximate surface area is 192 Å². The minimum Gasteiger partial charge on any atom is -0.478 e. The molecule has 0 spiro atoms. The highest BCUT2D eigenvalue weighted by Crippen LogP contribution is 2.30. The molecule has 0 atom stereocenters. The van der Waals surface area contributed by atoms with Crippen molar-refractivity contribution >= 4 is 60.6 Å². The maximum atomic E-state index is 12.4. The van der Waals surface area contributed by atoms with Gasteiger partial charge in [-0.15, -0.1) is 11.3 Å². The lowest BCUT2D eigenvalue weighted by molar-refractivity contribution is -0.192. The summed E-state index contributed by atoms with van der Waals surface area (Å²) < 4.78 is 65.1. The van der Waals surface area contributed by atoms with Crippen molar-refractivity contribution in [3.8, 4) is 0 Å². The van der Waals surface area contributed by atoms with Gasteiger partial charge < -0.3 is 19.8 Å². The highest BCUT2D eigenvalue weighted by molar-refractivity contribution is 9.11. The van der Waals surface area contributed by atoms with Crippen LogP contribution in [0.25, 0.3) is 0 Å². The maximum Gasteiger partial charge on any atom is 0.490 e. The lowest BCUT2D eigenvalue weighted by Gasteiger charge is -2.30. The van der Waals surface area contributed by atoms with Crippen LogP contribution in [0.4, 0.5) is 24.5 Å². The van der Waals surface area contributed by atoms with E-state index in [4.69, 9.17) is 14.6 Å². The van der Waals surface area contributed by atoms with E-state index < -0.39 is 28.1 Å². The Morgan fingerprint density at radius 1 is 1.12 bits per heavy atom. The van der Waals surface area contributed by atoms with E-state index in [-0.39, 0.29) is 15.5 Å². The number of carbonyl (C=O) groups is 2. The normalized spacial score (nSPS) is 14.3. The van der Waals surface area contributed by atoms with Gasteiger partial charge in [-0.3, -0.25) is 4.72 Å². The zero-order chi connectivity index (χ0) is 24.1. The van der Waals surface area contributed by atoms with E-state index in [2.05, 4.69) is 20.7 Å². The third-order valence-corrected chi connectivity index (χ3v) is 7.38. The van der Waals surface area contributed by atoms with Gasteiger partial charge in [0.1, 0.15) is 4.21 Å². The number of alkyl halides is 3. The summed E-state index contributed by atoms with van der Waals surface area (Å²) in [4.78, 5) is 22.4. The number of nitrogens with one attached hydrogen (secondary N) is 1. The van der Waals surface area contributed by atoms with E-state index in [1.54, 1.807) is 18.2 Å². The molecule has 0 amide bonds. The molecule has 2 heterocycles. The highest BCUT2D eigenvalue weighted by Gasteiger charge is 2.38. The van der Waals surface area contributed by atoms with Crippen molar-refractivity contribution < 1.29 is 46.1 Å². The number of ether oxygens (including phenoxy) is 1. The molecular formula is C17H16BrF3N2O7S2. The molecule has 0 unspecified atom stereocenters. The Hall–Kier alpha value is -2.36. The number of halogens is 4. The van der Waals surface area contributed by atoms with Crippen LogP contribution in [0.3, 0.4) is 0 Å². The third kappa shape index (κ3) is 7.08. The molecule has 0 bridgehead atoms. The van der Waals surface area contributed by atoms with E-state index in [0.29, 0.717) is 35.8 Å². The summed E-state index contributed by atoms with van der Waals surface area (Å²) in [6.07, 6.45) is -5.08. The molecule has 1 aromatic carbocycles. The van der Waals surface area contributed by atoms with Crippen molar-refractivity contribution in [1.29, 1.82) is 0 Å². The van der Waals surface area contributed by atoms with Gasteiger partial charge in [-0.2, -0.15) is 13.2 Å². The fourth-order valence-electron chi connectivity index (χ4n) is 2.50. The number of carboxylic acids is 2. The second kappa shape index (κ2) is 10.5. The monoisotopic (exact) mass is 560 g/mol. The molecule has 1 fully saturated rings. The van der Waals surface area contributed by atoms with Crippen molar-refractivity contribution in [3.63, 3.8) is 0 Å². The molecule has 176 valence electrons. The number of morpholine rings is 1. The van der Waals surface area contributed by atoms with Gasteiger partial charge >= 0.3 is 18.1 Å². The molecule has 1 saturated heterocycles. The number of nitrogens with zero attached hydrogens (tertiary/aromatic N) is 1. The number of aliphatic carboxylic acids is 1. The van der Waals surface area contributed by atoms with Crippen LogP contribution in [-0.2, 0) is 19.6 Å². The first-order valence-corrected chi connectivity index (χ1v) is 11.7.